The van der Waals surface area contributed by atoms with E-state index in [1.165, 1.54) is 0 Å². The number of hydrogen-bond acceptors (Lipinski definition) is 3. The Labute approximate surface area is 148 Å². The van der Waals surface area contributed by atoms with Crippen LogP contribution in [-0.2, 0) is 0 Å². The average Bonchev–Trinajstić information content (AvgIpc) is 3.50. The first-order chi connectivity index (χ1) is 12.2. The lowest BCUT2D eigenvalue weighted by Crippen LogP contribution is -2.41. The van der Waals surface area contributed by atoms with Crippen LogP contribution in [0.3, 0.4) is 0 Å². The fraction of sp³-hybridized carbons (Fsp3) is 0.350. The summed E-state index contributed by atoms with van der Waals surface area (Å²) in [5.41, 5.74) is 1.95. The van der Waals surface area contributed by atoms with Gasteiger partial charge in [-0.3, -0.25) is 0 Å². The lowest BCUT2D eigenvalue weighted by Gasteiger charge is -2.22. The van der Waals surface area contributed by atoms with Crippen molar-refractivity contribution in [2.24, 2.45) is 5.92 Å². The summed E-state index contributed by atoms with van der Waals surface area (Å²) in [4.78, 5) is 12.5. The van der Waals surface area contributed by atoms with E-state index in [0.717, 1.165) is 29.7 Å². The number of aliphatic hydroxyl groups excluding tert-OH is 1. The van der Waals surface area contributed by atoms with Gasteiger partial charge in [0.25, 0.3) is 0 Å². The lowest BCUT2D eigenvalue weighted by molar-refractivity contribution is 0.213. The summed E-state index contributed by atoms with van der Waals surface area (Å²) in [6.45, 7) is -0.145. The van der Waals surface area contributed by atoms with E-state index in [1.807, 2.05) is 54.6 Å². The monoisotopic (exact) mass is 340 g/mol. The van der Waals surface area contributed by atoms with Gasteiger partial charge in [-0.1, -0.05) is 42.5 Å². The second-order valence-corrected chi connectivity index (χ2v) is 6.35. The minimum atomic E-state index is -0.420. The van der Waals surface area contributed by atoms with Crippen LogP contribution in [0.4, 0.5) is 4.79 Å². The van der Waals surface area contributed by atoms with Gasteiger partial charge < -0.3 is 20.5 Å². The molecule has 132 valence electrons. The molecular weight excluding hydrogens is 316 g/mol. The van der Waals surface area contributed by atoms with Gasteiger partial charge in [0.15, 0.2) is 0 Å². The highest BCUT2D eigenvalue weighted by Gasteiger charge is 2.33. The van der Waals surface area contributed by atoms with Crippen molar-refractivity contribution < 1.29 is 14.6 Å². The maximum Gasteiger partial charge on any atom is 0.315 e. The number of benzene rings is 2. The molecule has 0 spiro atoms. The number of rotatable bonds is 7. The van der Waals surface area contributed by atoms with Gasteiger partial charge in [-0.2, -0.15) is 0 Å². The normalized spacial score (nSPS) is 15.9. The second kappa shape index (κ2) is 8.03. The summed E-state index contributed by atoms with van der Waals surface area (Å²) >= 11 is 0. The van der Waals surface area contributed by atoms with Crippen LogP contribution >= 0.6 is 0 Å². The van der Waals surface area contributed by atoms with Crippen LogP contribution < -0.4 is 15.4 Å². The molecule has 2 aromatic carbocycles. The van der Waals surface area contributed by atoms with Crippen molar-refractivity contribution >= 4 is 6.03 Å². The summed E-state index contributed by atoms with van der Waals surface area (Å²) in [6.07, 6.45) is 2.22. The van der Waals surface area contributed by atoms with Crippen molar-refractivity contribution in [2.45, 2.75) is 24.9 Å². The molecule has 5 heteroatoms. The number of carbonyl (C=O) groups excluding carboxylic acids is 1. The predicted octanol–water partition coefficient (Wildman–Crippen LogP) is 3.18. The largest absolute Gasteiger partial charge is 0.497 e. The Bertz CT molecular complexity index is 684. The van der Waals surface area contributed by atoms with Crippen molar-refractivity contribution in [1.29, 1.82) is 0 Å². The Morgan fingerprint density at radius 3 is 2.32 bits per heavy atom. The van der Waals surface area contributed by atoms with Crippen LogP contribution in [-0.4, -0.2) is 24.9 Å². The van der Waals surface area contributed by atoms with E-state index < -0.39 is 6.04 Å². The van der Waals surface area contributed by atoms with E-state index in [2.05, 4.69) is 10.6 Å². The van der Waals surface area contributed by atoms with Crippen LogP contribution in [0.5, 0.6) is 5.75 Å². The summed E-state index contributed by atoms with van der Waals surface area (Å²) in [6, 6.07) is 16.6. The molecule has 1 aliphatic carbocycles. The molecule has 0 aromatic heterocycles. The van der Waals surface area contributed by atoms with Gasteiger partial charge in [0, 0.05) is 0 Å². The van der Waals surface area contributed by atoms with Gasteiger partial charge >= 0.3 is 6.03 Å². The number of aliphatic hydroxyl groups is 1. The van der Waals surface area contributed by atoms with Gasteiger partial charge in [0.2, 0.25) is 0 Å². The zero-order chi connectivity index (χ0) is 17.6. The van der Waals surface area contributed by atoms with E-state index in [9.17, 15) is 9.90 Å². The van der Waals surface area contributed by atoms with Crippen LogP contribution in [0.25, 0.3) is 0 Å². The molecule has 3 rings (SSSR count). The van der Waals surface area contributed by atoms with Crippen molar-refractivity contribution in [3.8, 4) is 5.75 Å². The molecular formula is C20H24N2O3. The molecule has 2 amide bonds. The number of hydrogen-bond donors (Lipinski definition) is 3. The topological polar surface area (TPSA) is 70.6 Å². The summed E-state index contributed by atoms with van der Waals surface area (Å²) in [7, 11) is 1.64. The van der Waals surface area contributed by atoms with Crippen LogP contribution in [0.2, 0.25) is 0 Å². The Morgan fingerprint density at radius 2 is 1.76 bits per heavy atom. The molecule has 0 saturated heterocycles. The highest BCUT2D eigenvalue weighted by molar-refractivity contribution is 5.75. The summed E-state index contributed by atoms with van der Waals surface area (Å²) in [5, 5.41) is 15.5. The molecule has 0 bridgehead atoms. The zero-order valence-electron chi connectivity index (χ0n) is 14.3. The highest BCUT2D eigenvalue weighted by Crippen LogP contribution is 2.41. The minimum absolute atomic E-state index is 0.0268. The maximum absolute atomic E-state index is 12.5. The Balaban J connectivity index is 1.66. The number of carbonyl (C=O) groups is 1. The third-order valence-corrected chi connectivity index (χ3v) is 4.54. The first-order valence-corrected chi connectivity index (χ1v) is 8.58. The predicted molar refractivity (Wildman–Crippen MR) is 96.4 cm³/mol. The molecule has 5 nitrogen and oxygen atoms in total. The molecule has 1 saturated carbocycles. The van der Waals surface area contributed by atoms with E-state index in [-0.39, 0.29) is 18.7 Å². The number of nitrogens with one attached hydrogen (secondary N) is 2. The average molecular weight is 340 g/mol. The highest BCUT2D eigenvalue weighted by atomic mass is 16.5. The van der Waals surface area contributed by atoms with Gasteiger partial charge in [-0.05, 0) is 42.0 Å². The van der Waals surface area contributed by atoms with Crippen LogP contribution in [0, 0.1) is 5.92 Å². The molecule has 0 radical (unpaired) electrons. The molecule has 1 fully saturated rings. The van der Waals surface area contributed by atoms with Gasteiger partial charge in [0.05, 0.1) is 25.8 Å². The maximum atomic E-state index is 12.5. The van der Waals surface area contributed by atoms with E-state index in [0.29, 0.717) is 5.92 Å². The number of ether oxygens (including phenoxy) is 1. The fourth-order valence-corrected chi connectivity index (χ4v) is 2.98. The second-order valence-electron chi connectivity index (χ2n) is 6.35. The summed E-state index contributed by atoms with van der Waals surface area (Å²) in [5.74, 6) is 1.26. The van der Waals surface area contributed by atoms with Crippen molar-refractivity contribution in [3.63, 3.8) is 0 Å². The molecule has 25 heavy (non-hydrogen) atoms. The molecule has 0 heterocycles. The quantitative estimate of drug-likeness (QED) is 0.725. The SMILES string of the molecule is COc1ccc(C(NC(=O)NC(CO)c2ccccc2)C2CC2)cc1. The standard InChI is InChI=1S/C20H24N2O3/c1-25-17-11-9-16(10-12-17)19(15-7-8-15)22-20(24)21-18(13-23)14-5-3-2-4-6-14/h2-6,9-12,15,18-19,23H,7-8,13H2,1H3,(H2,21,22,24). The molecule has 1 aliphatic rings. The van der Waals surface area contributed by atoms with E-state index >= 15 is 0 Å². The molecule has 2 aromatic rings. The Kier molecular flexibility index (Phi) is 5.56. The first kappa shape index (κ1) is 17.3. The number of amides is 2. The minimum Gasteiger partial charge on any atom is -0.497 e. The Morgan fingerprint density at radius 1 is 1.08 bits per heavy atom. The molecule has 0 aliphatic heterocycles. The lowest BCUT2D eigenvalue weighted by atomic mass is 10.0. The molecule has 3 N–H and O–H groups in total. The number of methoxy groups -OCH3 is 1. The zero-order valence-corrected chi connectivity index (χ0v) is 14.3. The third-order valence-electron chi connectivity index (χ3n) is 4.54. The van der Waals surface area contributed by atoms with Gasteiger partial charge in [0.1, 0.15) is 5.75 Å². The van der Waals surface area contributed by atoms with E-state index in [4.69, 9.17) is 4.74 Å². The van der Waals surface area contributed by atoms with Crippen molar-refractivity contribution in [3.05, 3.63) is 65.7 Å². The van der Waals surface area contributed by atoms with Gasteiger partial charge in [-0.15, -0.1) is 0 Å². The molecule has 2 atom stereocenters. The van der Waals surface area contributed by atoms with Crippen LogP contribution in [0.15, 0.2) is 54.6 Å². The van der Waals surface area contributed by atoms with Gasteiger partial charge in [-0.25, -0.2) is 4.79 Å². The molecule has 2 unspecified atom stereocenters. The number of urea groups is 1. The van der Waals surface area contributed by atoms with E-state index in [1.54, 1.807) is 7.11 Å². The summed E-state index contributed by atoms with van der Waals surface area (Å²) < 4.78 is 5.19. The Hall–Kier alpha value is -2.53. The van der Waals surface area contributed by atoms with Crippen molar-refractivity contribution in [2.75, 3.05) is 13.7 Å². The van der Waals surface area contributed by atoms with Crippen LogP contribution in [0.1, 0.15) is 36.1 Å². The smallest absolute Gasteiger partial charge is 0.315 e. The third kappa shape index (κ3) is 4.51. The fourth-order valence-electron chi connectivity index (χ4n) is 2.98. The van der Waals surface area contributed by atoms with Crippen molar-refractivity contribution in [1.82, 2.24) is 10.6 Å². The first-order valence-electron chi connectivity index (χ1n) is 8.58.